The van der Waals surface area contributed by atoms with Gasteiger partial charge in [-0.3, -0.25) is 9.79 Å². The molecule has 0 aromatic heterocycles. The Morgan fingerprint density at radius 2 is 2.06 bits per heavy atom. The second-order valence-electron chi connectivity index (χ2n) is 4.40. The first kappa shape index (κ1) is 9.54. The van der Waals surface area contributed by atoms with Crippen molar-refractivity contribution in [2.24, 2.45) is 4.99 Å². The standard InChI is InChI=1S/C12H12N2O2/c15-11-12(13-8-14(11)16)6-5-9-3-1-2-4-10(9)7-12/h1-4,8,16H,5-7H2/p+1. The Labute approximate surface area is 93.2 Å². The Bertz CT molecular complexity index is 484. The summed E-state index contributed by atoms with van der Waals surface area (Å²) in [5.74, 6) is -0.193. The van der Waals surface area contributed by atoms with Crippen molar-refractivity contribution >= 4 is 12.2 Å². The van der Waals surface area contributed by atoms with Crippen LogP contribution in [0.3, 0.4) is 0 Å². The van der Waals surface area contributed by atoms with E-state index < -0.39 is 5.54 Å². The number of hydrogen-bond acceptors (Lipinski definition) is 2. The molecule has 0 saturated heterocycles. The summed E-state index contributed by atoms with van der Waals surface area (Å²) in [5.41, 5.74) is 1.81. The molecule has 1 aromatic carbocycles. The fourth-order valence-corrected chi connectivity index (χ4v) is 2.51. The van der Waals surface area contributed by atoms with Gasteiger partial charge in [0, 0.05) is 6.42 Å². The van der Waals surface area contributed by atoms with Gasteiger partial charge in [0.05, 0.1) is 0 Å². The summed E-state index contributed by atoms with van der Waals surface area (Å²) < 4.78 is 0. The molecule has 0 bridgehead atoms. The van der Waals surface area contributed by atoms with Gasteiger partial charge in [0.25, 0.3) is 0 Å². The van der Waals surface area contributed by atoms with Crippen molar-refractivity contribution in [3.8, 4) is 0 Å². The SMILES string of the molecule is O=C1N([OH2+])C=NC12CCc1ccccc1C2. The number of hydrogen-bond donors (Lipinski definition) is 0. The van der Waals surface area contributed by atoms with Crippen molar-refractivity contribution in [1.82, 2.24) is 5.06 Å². The minimum absolute atomic E-state index is 0.193. The molecular formula is C12H13N2O2+. The van der Waals surface area contributed by atoms with Crippen LogP contribution in [0, 0.1) is 0 Å². The first-order valence-electron chi connectivity index (χ1n) is 5.38. The van der Waals surface area contributed by atoms with Gasteiger partial charge in [0.1, 0.15) is 0 Å². The minimum atomic E-state index is -0.684. The Balaban J connectivity index is 1.99. The number of hydroxylamine groups is 2. The van der Waals surface area contributed by atoms with Gasteiger partial charge in [-0.2, -0.15) is 0 Å². The van der Waals surface area contributed by atoms with Crippen molar-refractivity contribution < 1.29 is 10.0 Å². The van der Waals surface area contributed by atoms with Crippen molar-refractivity contribution in [1.29, 1.82) is 0 Å². The van der Waals surface area contributed by atoms with Crippen LogP contribution in [-0.2, 0) is 17.6 Å². The second kappa shape index (κ2) is 3.15. The Hall–Kier alpha value is -1.68. The second-order valence-corrected chi connectivity index (χ2v) is 4.40. The molecule has 16 heavy (non-hydrogen) atoms. The number of fused-ring (bicyclic) bond motifs is 1. The van der Waals surface area contributed by atoms with E-state index in [1.165, 1.54) is 17.5 Å². The van der Waals surface area contributed by atoms with Crippen LogP contribution in [0.4, 0.5) is 0 Å². The fourth-order valence-electron chi connectivity index (χ4n) is 2.51. The molecule has 1 aliphatic carbocycles. The molecule has 1 unspecified atom stereocenters. The molecule has 2 N–H and O–H groups in total. The highest BCUT2D eigenvalue weighted by atomic mass is 16.5. The number of aryl methyl sites for hydroxylation is 1. The lowest BCUT2D eigenvalue weighted by atomic mass is 9.78. The predicted molar refractivity (Wildman–Crippen MR) is 60.1 cm³/mol. The maximum Gasteiger partial charge on any atom is 0.321 e. The summed E-state index contributed by atoms with van der Waals surface area (Å²) in [5, 5.41) is 8.27. The van der Waals surface area contributed by atoms with Crippen LogP contribution < -0.4 is 0 Å². The molecule has 1 amide bonds. The quantitative estimate of drug-likeness (QED) is 0.581. The van der Waals surface area contributed by atoms with E-state index in [2.05, 4.69) is 11.1 Å². The highest BCUT2D eigenvalue weighted by molar-refractivity contribution is 5.99. The van der Waals surface area contributed by atoms with Crippen LogP contribution in [0.15, 0.2) is 29.3 Å². The van der Waals surface area contributed by atoms with E-state index in [-0.39, 0.29) is 5.91 Å². The summed E-state index contributed by atoms with van der Waals surface area (Å²) >= 11 is 0. The van der Waals surface area contributed by atoms with Gasteiger partial charge < -0.3 is 5.21 Å². The highest BCUT2D eigenvalue weighted by Crippen LogP contribution is 2.34. The van der Waals surface area contributed by atoms with Gasteiger partial charge in [0.15, 0.2) is 11.9 Å². The number of carbonyl (C=O) groups is 1. The molecule has 3 rings (SSSR count). The molecule has 1 spiro atoms. The number of aliphatic imine (C=N–C) groups is 1. The van der Waals surface area contributed by atoms with E-state index in [9.17, 15) is 4.79 Å². The summed E-state index contributed by atoms with van der Waals surface area (Å²) in [6, 6.07) is 8.16. The van der Waals surface area contributed by atoms with Crippen LogP contribution in [-0.4, -0.2) is 28.1 Å². The van der Waals surface area contributed by atoms with E-state index in [1.54, 1.807) is 0 Å². The zero-order valence-corrected chi connectivity index (χ0v) is 8.81. The topological polar surface area (TPSA) is 55.6 Å². The molecule has 4 heteroatoms. The normalized spacial score (nSPS) is 27.6. The van der Waals surface area contributed by atoms with Crippen LogP contribution >= 0.6 is 0 Å². The molecule has 1 heterocycles. The van der Waals surface area contributed by atoms with Crippen molar-refractivity contribution in [2.45, 2.75) is 24.8 Å². The summed E-state index contributed by atoms with van der Waals surface area (Å²) in [6.07, 6.45) is 3.55. The largest absolute Gasteiger partial charge is 0.321 e. The number of carbonyl (C=O) groups excluding carboxylic acids is 1. The Morgan fingerprint density at radius 3 is 2.75 bits per heavy atom. The van der Waals surface area contributed by atoms with Gasteiger partial charge in [-0.05, 0) is 24.0 Å². The van der Waals surface area contributed by atoms with Crippen molar-refractivity contribution in [3.63, 3.8) is 0 Å². The van der Waals surface area contributed by atoms with Gasteiger partial charge in [0.2, 0.25) is 0 Å². The molecule has 0 fully saturated rings. The fraction of sp³-hybridized carbons (Fsp3) is 0.333. The maximum atomic E-state index is 11.9. The Kier molecular flexibility index (Phi) is 1.88. The molecule has 1 atom stereocenters. The zero-order chi connectivity index (χ0) is 11.2. The van der Waals surface area contributed by atoms with E-state index in [4.69, 9.17) is 5.21 Å². The van der Waals surface area contributed by atoms with Crippen molar-refractivity contribution in [2.75, 3.05) is 0 Å². The molecule has 1 aliphatic heterocycles. The molecule has 2 aliphatic rings. The molecule has 0 radical (unpaired) electrons. The molecule has 4 nitrogen and oxygen atoms in total. The van der Waals surface area contributed by atoms with E-state index in [0.717, 1.165) is 11.5 Å². The number of amides is 1. The smallest absolute Gasteiger partial charge is 0.303 e. The lowest BCUT2D eigenvalue weighted by molar-refractivity contribution is -0.151. The van der Waals surface area contributed by atoms with Crippen LogP contribution in [0.1, 0.15) is 17.5 Å². The molecule has 1 aromatic rings. The van der Waals surface area contributed by atoms with Crippen LogP contribution in [0.5, 0.6) is 0 Å². The first-order chi connectivity index (χ1) is 7.71. The lowest BCUT2D eigenvalue weighted by Gasteiger charge is -2.29. The van der Waals surface area contributed by atoms with Crippen LogP contribution in [0.25, 0.3) is 0 Å². The summed E-state index contributed by atoms with van der Waals surface area (Å²) in [6.45, 7) is 0. The van der Waals surface area contributed by atoms with Gasteiger partial charge in [-0.1, -0.05) is 29.3 Å². The van der Waals surface area contributed by atoms with E-state index >= 15 is 0 Å². The summed E-state index contributed by atoms with van der Waals surface area (Å²) in [7, 11) is 0. The third-order valence-electron chi connectivity index (χ3n) is 3.45. The highest BCUT2D eigenvalue weighted by Gasteiger charge is 2.48. The number of benzene rings is 1. The van der Waals surface area contributed by atoms with E-state index in [1.807, 2.05) is 18.2 Å². The number of rotatable bonds is 0. The summed E-state index contributed by atoms with van der Waals surface area (Å²) in [4.78, 5) is 16.2. The lowest BCUT2D eigenvalue weighted by Crippen LogP contribution is -2.44. The van der Waals surface area contributed by atoms with Crippen molar-refractivity contribution in [3.05, 3.63) is 35.4 Å². The third-order valence-corrected chi connectivity index (χ3v) is 3.45. The molecular weight excluding hydrogens is 204 g/mol. The van der Waals surface area contributed by atoms with Gasteiger partial charge in [-0.25, -0.2) is 0 Å². The van der Waals surface area contributed by atoms with E-state index in [0.29, 0.717) is 12.8 Å². The average molecular weight is 217 g/mol. The van der Waals surface area contributed by atoms with Gasteiger partial charge >= 0.3 is 5.91 Å². The Morgan fingerprint density at radius 1 is 1.31 bits per heavy atom. The molecule has 0 saturated carbocycles. The molecule has 82 valence electrons. The first-order valence-corrected chi connectivity index (χ1v) is 5.38. The average Bonchev–Trinajstić information content (AvgIpc) is 2.58. The zero-order valence-electron chi connectivity index (χ0n) is 8.81. The maximum absolute atomic E-state index is 11.9. The predicted octanol–water partition coefficient (Wildman–Crippen LogP) is 0.424. The minimum Gasteiger partial charge on any atom is -0.303 e. The van der Waals surface area contributed by atoms with Gasteiger partial charge in [-0.15, -0.1) is 0 Å². The monoisotopic (exact) mass is 217 g/mol. The number of nitrogens with zero attached hydrogens (tertiary/aromatic N) is 2. The third kappa shape index (κ3) is 1.20. The van der Waals surface area contributed by atoms with Crippen LogP contribution in [0.2, 0.25) is 0 Å².